The van der Waals surface area contributed by atoms with Crippen LogP contribution in [0.5, 0.6) is 5.75 Å². The lowest BCUT2D eigenvalue weighted by Crippen LogP contribution is -2.29. The summed E-state index contributed by atoms with van der Waals surface area (Å²) in [5, 5.41) is 7.05. The summed E-state index contributed by atoms with van der Waals surface area (Å²) in [4.78, 5) is 25.0. The molecule has 3 aromatic rings. The summed E-state index contributed by atoms with van der Waals surface area (Å²) in [6.07, 6.45) is 0. The summed E-state index contributed by atoms with van der Waals surface area (Å²) in [6, 6.07) is 16.4. The van der Waals surface area contributed by atoms with Crippen molar-refractivity contribution in [2.24, 2.45) is 0 Å². The Hall–Kier alpha value is -2.68. The molecule has 2 aromatic carbocycles. The Bertz CT molecular complexity index is 1010. The molecule has 27 heavy (non-hydrogen) atoms. The minimum atomic E-state index is -0.411. The van der Waals surface area contributed by atoms with Crippen molar-refractivity contribution in [1.82, 2.24) is 15.1 Å². The molecule has 1 heterocycles. The molecule has 1 amide bonds. The number of carbonyl (C=O) groups is 1. The fraction of sp³-hybridized carbons (Fsp3) is 0.150. The van der Waals surface area contributed by atoms with Gasteiger partial charge in [0.2, 0.25) is 0 Å². The first kappa shape index (κ1) is 19.1. The molecular formula is C20H18IN3O3. The zero-order valence-corrected chi connectivity index (χ0v) is 17.1. The van der Waals surface area contributed by atoms with Crippen LogP contribution in [0.25, 0.3) is 5.69 Å². The van der Waals surface area contributed by atoms with Crippen LogP contribution in [-0.2, 0) is 6.54 Å². The monoisotopic (exact) mass is 475 g/mol. The van der Waals surface area contributed by atoms with Gasteiger partial charge in [-0.05, 0) is 59.3 Å². The zero-order chi connectivity index (χ0) is 19.4. The van der Waals surface area contributed by atoms with E-state index in [1.807, 2.05) is 43.3 Å². The van der Waals surface area contributed by atoms with Gasteiger partial charge < -0.3 is 10.1 Å². The van der Waals surface area contributed by atoms with Crippen molar-refractivity contribution in [2.45, 2.75) is 13.5 Å². The Morgan fingerprint density at radius 3 is 2.44 bits per heavy atom. The van der Waals surface area contributed by atoms with E-state index in [9.17, 15) is 9.59 Å². The van der Waals surface area contributed by atoms with Gasteiger partial charge in [-0.15, -0.1) is 0 Å². The summed E-state index contributed by atoms with van der Waals surface area (Å²) in [5.74, 6) is -0.269. The third-order valence-corrected chi connectivity index (χ3v) is 4.70. The first-order valence-electron chi connectivity index (χ1n) is 8.26. The third-order valence-electron chi connectivity index (χ3n) is 3.98. The van der Waals surface area contributed by atoms with Crippen LogP contribution in [0, 0.1) is 10.5 Å². The number of amides is 1. The highest BCUT2D eigenvalue weighted by molar-refractivity contribution is 14.1. The van der Waals surface area contributed by atoms with E-state index in [1.165, 1.54) is 17.9 Å². The summed E-state index contributed by atoms with van der Waals surface area (Å²) in [6.45, 7) is 2.31. The molecular weight excluding hydrogens is 457 g/mol. The predicted molar refractivity (Wildman–Crippen MR) is 111 cm³/mol. The first-order valence-corrected chi connectivity index (χ1v) is 9.34. The number of aryl methyl sites for hydroxylation is 1. The molecule has 1 N–H and O–H groups in total. The van der Waals surface area contributed by atoms with Gasteiger partial charge in [0.05, 0.1) is 18.9 Å². The van der Waals surface area contributed by atoms with Crippen molar-refractivity contribution < 1.29 is 9.53 Å². The van der Waals surface area contributed by atoms with Crippen LogP contribution in [0.15, 0.2) is 59.4 Å². The average Bonchev–Trinajstić information content (AvgIpc) is 2.68. The number of nitrogens with zero attached hydrogens (tertiary/aromatic N) is 2. The average molecular weight is 475 g/mol. The number of carbonyl (C=O) groups excluding carboxylic acids is 1. The van der Waals surface area contributed by atoms with E-state index < -0.39 is 5.91 Å². The summed E-state index contributed by atoms with van der Waals surface area (Å²) < 4.78 is 7.51. The molecule has 0 aliphatic rings. The van der Waals surface area contributed by atoms with Gasteiger partial charge in [0, 0.05) is 10.1 Å². The Morgan fingerprint density at radius 2 is 1.81 bits per heavy atom. The number of rotatable bonds is 5. The lowest BCUT2D eigenvalue weighted by molar-refractivity contribution is 0.0940. The van der Waals surface area contributed by atoms with Crippen LogP contribution in [0.3, 0.4) is 0 Å². The molecule has 6 nitrogen and oxygen atoms in total. The van der Waals surface area contributed by atoms with Crippen LogP contribution in [0.1, 0.15) is 21.6 Å². The highest BCUT2D eigenvalue weighted by Gasteiger charge is 2.18. The molecule has 3 rings (SSSR count). The molecule has 0 saturated carbocycles. The maximum Gasteiger partial charge on any atom is 0.275 e. The molecule has 7 heteroatoms. The fourth-order valence-electron chi connectivity index (χ4n) is 2.49. The molecule has 0 aliphatic carbocycles. The summed E-state index contributed by atoms with van der Waals surface area (Å²) in [5.41, 5.74) is 2.30. The molecule has 1 aromatic heterocycles. The fourth-order valence-corrected chi connectivity index (χ4v) is 2.85. The molecule has 0 unspecified atom stereocenters. The Morgan fingerprint density at radius 1 is 1.15 bits per heavy atom. The number of hydrogen-bond donors (Lipinski definition) is 1. The summed E-state index contributed by atoms with van der Waals surface area (Å²) >= 11 is 2.22. The van der Waals surface area contributed by atoms with Crippen LogP contribution < -0.4 is 15.6 Å². The van der Waals surface area contributed by atoms with Crippen LogP contribution in [-0.4, -0.2) is 22.8 Å². The lowest BCUT2D eigenvalue weighted by Gasteiger charge is -2.11. The molecule has 0 saturated heterocycles. The quantitative estimate of drug-likeness (QED) is 0.576. The van der Waals surface area contributed by atoms with Gasteiger partial charge in [-0.1, -0.05) is 29.8 Å². The van der Waals surface area contributed by atoms with Gasteiger partial charge in [0.25, 0.3) is 11.5 Å². The van der Waals surface area contributed by atoms with E-state index in [1.54, 1.807) is 12.1 Å². The number of benzene rings is 2. The number of methoxy groups -OCH3 is 1. The molecule has 138 valence electrons. The predicted octanol–water partition coefficient (Wildman–Crippen LogP) is 3.08. The van der Waals surface area contributed by atoms with Crippen molar-refractivity contribution in [3.8, 4) is 11.4 Å². The van der Waals surface area contributed by atoms with Gasteiger partial charge in [-0.25, -0.2) is 0 Å². The maximum atomic E-state index is 12.6. The number of halogens is 1. The molecule has 0 aliphatic heterocycles. The maximum absolute atomic E-state index is 12.6. The van der Waals surface area contributed by atoms with Gasteiger partial charge in [0.15, 0.2) is 11.4 Å². The normalized spacial score (nSPS) is 10.5. The molecule has 0 atom stereocenters. The first-order chi connectivity index (χ1) is 13.0. The van der Waals surface area contributed by atoms with E-state index in [-0.39, 0.29) is 17.0 Å². The minimum absolute atomic E-state index is 0.0585. The summed E-state index contributed by atoms with van der Waals surface area (Å²) in [7, 11) is 1.41. The highest BCUT2D eigenvalue weighted by Crippen LogP contribution is 2.15. The zero-order valence-electron chi connectivity index (χ0n) is 14.9. The standard InChI is InChI=1S/C20H18IN3O3/c1-13-3-9-16(10-4-13)24-18(25)11-17(27-2)19(23-24)20(26)22-12-14-5-7-15(21)8-6-14/h3-11H,12H2,1-2H3,(H,22,26). The Kier molecular flexibility index (Phi) is 5.90. The second-order valence-corrected chi connectivity index (χ2v) is 7.20. The minimum Gasteiger partial charge on any atom is -0.494 e. The van der Waals surface area contributed by atoms with E-state index in [4.69, 9.17) is 4.74 Å². The molecule has 0 radical (unpaired) electrons. The second kappa shape index (κ2) is 8.34. The Balaban J connectivity index is 1.89. The van der Waals surface area contributed by atoms with E-state index in [0.717, 1.165) is 14.7 Å². The van der Waals surface area contributed by atoms with Crippen LogP contribution in [0.4, 0.5) is 0 Å². The van der Waals surface area contributed by atoms with E-state index >= 15 is 0 Å². The van der Waals surface area contributed by atoms with E-state index in [0.29, 0.717) is 12.2 Å². The molecule has 0 bridgehead atoms. The lowest BCUT2D eigenvalue weighted by atomic mass is 10.2. The van der Waals surface area contributed by atoms with Gasteiger partial charge in [-0.3, -0.25) is 9.59 Å². The van der Waals surface area contributed by atoms with Gasteiger partial charge in [0.1, 0.15) is 0 Å². The van der Waals surface area contributed by atoms with Gasteiger partial charge >= 0.3 is 0 Å². The van der Waals surface area contributed by atoms with Crippen LogP contribution in [0.2, 0.25) is 0 Å². The SMILES string of the molecule is COc1cc(=O)n(-c2ccc(C)cc2)nc1C(=O)NCc1ccc(I)cc1. The Labute approximate surface area is 170 Å². The molecule has 0 fully saturated rings. The van der Waals surface area contributed by atoms with Crippen molar-refractivity contribution in [3.63, 3.8) is 0 Å². The van der Waals surface area contributed by atoms with Crippen molar-refractivity contribution >= 4 is 28.5 Å². The number of ether oxygens (including phenoxy) is 1. The highest BCUT2D eigenvalue weighted by atomic mass is 127. The smallest absolute Gasteiger partial charge is 0.275 e. The topological polar surface area (TPSA) is 73.2 Å². The van der Waals surface area contributed by atoms with Crippen molar-refractivity contribution in [3.05, 3.63) is 85.3 Å². The molecule has 0 spiro atoms. The van der Waals surface area contributed by atoms with E-state index in [2.05, 4.69) is 33.0 Å². The van der Waals surface area contributed by atoms with Crippen molar-refractivity contribution in [1.29, 1.82) is 0 Å². The van der Waals surface area contributed by atoms with Crippen molar-refractivity contribution in [2.75, 3.05) is 7.11 Å². The number of nitrogens with one attached hydrogen (secondary N) is 1. The largest absolute Gasteiger partial charge is 0.494 e. The number of hydrogen-bond acceptors (Lipinski definition) is 4. The third kappa shape index (κ3) is 4.54. The second-order valence-electron chi connectivity index (χ2n) is 5.96. The van der Waals surface area contributed by atoms with Gasteiger partial charge in [-0.2, -0.15) is 9.78 Å². The van der Waals surface area contributed by atoms with Crippen LogP contribution >= 0.6 is 22.6 Å². The number of aromatic nitrogens is 2.